The predicted octanol–water partition coefficient (Wildman–Crippen LogP) is 3.31. The van der Waals surface area contributed by atoms with Crippen molar-refractivity contribution in [3.63, 3.8) is 0 Å². The Kier molecular flexibility index (Phi) is 5.64. The second-order valence-electron chi connectivity index (χ2n) is 6.98. The van der Waals surface area contributed by atoms with Gasteiger partial charge in [0.25, 0.3) is 5.91 Å². The maximum absolute atomic E-state index is 12.4. The van der Waals surface area contributed by atoms with E-state index in [-0.39, 0.29) is 12.0 Å². The maximum atomic E-state index is 12.4. The molecule has 28 heavy (non-hydrogen) atoms. The maximum Gasteiger partial charge on any atom is 0.253 e. The molecule has 0 radical (unpaired) electrons. The number of hydrogen-bond donors (Lipinski definition) is 1. The molecular weight excluding hydrogens is 356 g/mol. The molecule has 0 aliphatic carbocycles. The minimum Gasteiger partial charge on any atom is -0.376 e. The molecule has 1 aliphatic rings. The number of anilines is 1. The Morgan fingerprint density at radius 2 is 2.21 bits per heavy atom. The average Bonchev–Trinajstić information content (AvgIpc) is 3.17. The molecule has 7 heteroatoms. The van der Waals surface area contributed by atoms with Crippen LogP contribution in [-0.4, -0.2) is 45.7 Å². The number of benzene rings is 1. The van der Waals surface area contributed by atoms with Crippen molar-refractivity contribution >= 4 is 17.4 Å². The zero-order valence-corrected chi connectivity index (χ0v) is 15.9. The fourth-order valence-electron chi connectivity index (χ4n) is 3.20. The van der Waals surface area contributed by atoms with Gasteiger partial charge in [-0.05, 0) is 44.4 Å². The molecule has 2 atom stereocenters. The van der Waals surface area contributed by atoms with Gasteiger partial charge < -0.3 is 14.8 Å². The Hall–Kier alpha value is -2.77. The predicted molar refractivity (Wildman–Crippen MR) is 106 cm³/mol. The van der Waals surface area contributed by atoms with Gasteiger partial charge in [-0.3, -0.25) is 9.20 Å². The van der Waals surface area contributed by atoms with Crippen LogP contribution in [0.4, 0.5) is 5.69 Å². The molecule has 1 amide bonds. The van der Waals surface area contributed by atoms with E-state index in [0.717, 1.165) is 42.8 Å². The number of fused-ring (bicyclic) bond motifs is 1. The van der Waals surface area contributed by atoms with Crippen molar-refractivity contribution in [2.75, 3.05) is 18.5 Å². The third-order valence-electron chi connectivity index (χ3n) is 4.86. The number of nitrogens with one attached hydrogen (secondary N) is 1. The number of rotatable bonds is 6. The van der Waals surface area contributed by atoms with E-state index in [4.69, 9.17) is 9.47 Å². The van der Waals surface area contributed by atoms with Gasteiger partial charge in [-0.2, -0.15) is 0 Å². The van der Waals surface area contributed by atoms with E-state index >= 15 is 0 Å². The Balaban J connectivity index is 1.33. The van der Waals surface area contributed by atoms with Gasteiger partial charge in [-0.1, -0.05) is 12.1 Å². The average molecular weight is 380 g/mol. The molecule has 2 aromatic heterocycles. The third-order valence-corrected chi connectivity index (χ3v) is 4.86. The fourth-order valence-corrected chi connectivity index (χ4v) is 3.20. The fraction of sp³-hybridized carbons (Fsp3) is 0.381. The summed E-state index contributed by atoms with van der Waals surface area (Å²) in [4.78, 5) is 21.1. The van der Waals surface area contributed by atoms with Crippen LogP contribution in [0, 0.1) is 0 Å². The van der Waals surface area contributed by atoms with Crippen molar-refractivity contribution in [2.45, 2.75) is 38.4 Å². The number of carbonyl (C=O) groups is 1. The van der Waals surface area contributed by atoms with Crippen molar-refractivity contribution in [1.82, 2.24) is 14.4 Å². The summed E-state index contributed by atoms with van der Waals surface area (Å²) in [6.07, 6.45) is 8.38. The van der Waals surface area contributed by atoms with Crippen molar-refractivity contribution < 1.29 is 14.3 Å². The van der Waals surface area contributed by atoms with E-state index in [1.165, 1.54) is 0 Å². The molecule has 7 nitrogen and oxygen atoms in total. The van der Waals surface area contributed by atoms with Crippen LogP contribution in [-0.2, 0) is 14.3 Å². The van der Waals surface area contributed by atoms with Crippen LogP contribution in [0.2, 0.25) is 0 Å². The van der Waals surface area contributed by atoms with Crippen LogP contribution in [0.5, 0.6) is 0 Å². The summed E-state index contributed by atoms with van der Waals surface area (Å²) in [6, 6.07) is 9.45. The zero-order chi connectivity index (χ0) is 19.3. The van der Waals surface area contributed by atoms with Crippen LogP contribution in [0.25, 0.3) is 17.0 Å². The molecule has 1 N–H and O–H groups in total. The van der Waals surface area contributed by atoms with Gasteiger partial charge in [0, 0.05) is 36.4 Å². The number of ether oxygens (including phenoxy) is 2. The summed E-state index contributed by atoms with van der Waals surface area (Å²) in [5, 5.41) is 2.89. The Labute approximate surface area is 163 Å². The lowest BCUT2D eigenvalue weighted by molar-refractivity contribution is -0.130. The van der Waals surface area contributed by atoms with Crippen molar-refractivity contribution in [1.29, 1.82) is 0 Å². The molecule has 1 fully saturated rings. The molecule has 3 heterocycles. The molecule has 0 spiro atoms. The van der Waals surface area contributed by atoms with Crippen LogP contribution in [0.15, 0.2) is 48.9 Å². The van der Waals surface area contributed by atoms with E-state index in [0.29, 0.717) is 12.4 Å². The van der Waals surface area contributed by atoms with Gasteiger partial charge in [0.2, 0.25) is 5.78 Å². The molecule has 0 saturated carbocycles. The molecule has 146 valence electrons. The molecule has 1 saturated heterocycles. The normalized spacial score (nSPS) is 18.1. The monoisotopic (exact) mass is 380 g/mol. The third kappa shape index (κ3) is 4.37. The molecule has 1 aliphatic heterocycles. The highest BCUT2D eigenvalue weighted by Crippen LogP contribution is 2.21. The molecule has 4 rings (SSSR count). The van der Waals surface area contributed by atoms with E-state index in [2.05, 4.69) is 15.3 Å². The minimum atomic E-state index is -0.533. The van der Waals surface area contributed by atoms with Gasteiger partial charge >= 0.3 is 0 Å². The van der Waals surface area contributed by atoms with Crippen LogP contribution >= 0.6 is 0 Å². The summed E-state index contributed by atoms with van der Waals surface area (Å²) in [7, 11) is 0. The molecule has 2 unspecified atom stereocenters. The lowest BCUT2D eigenvalue weighted by Gasteiger charge is -2.23. The highest BCUT2D eigenvalue weighted by Gasteiger charge is 2.19. The van der Waals surface area contributed by atoms with Gasteiger partial charge in [0.05, 0.1) is 18.4 Å². The van der Waals surface area contributed by atoms with Crippen molar-refractivity contribution in [3.8, 4) is 11.3 Å². The first-order valence-electron chi connectivity index (χ1n) is 9.63. The largest absolute Gasteiger partial charge is 0.376 e. The summed E-state index contributed by atoms with van der Waals surface area (Å²) in [5.74, 6) is 0.489. The minimum absolute atomic E-state index is 0.100. The standard InChI is InChI=1S/C21H24N4O3/c1-15(28-14-18-5-2-3-12-27-18)20(26)23-17-8-6-16(7-9-17)19-13-25-11-4-10-22-21(25)24-19/h4,6-11,13,15,18H,2-3,5,12,14H2,1H3,(H,23,26). The van der Waals surface area contributed by atoms with E-state index in [1.54, 1.807) is 13.1 Å². The summed E-state index contributed by atoms with van der Waals surface area (Å²) in [6.45, 7) is 3.00. The molecule has 1 aromatic carbocycles. The van der Waals surface area contributed by atoms with E-state index < -0.39 is 6.10 Å². The molecule has 0 bridgehead atoms. The van der Waals surface area contributed by atoms with E-state index in [9.17, 15) is 4.79 Å². The zero-order valence-electron chi connectivity index (χ0n) is 15.9. The second kappa shape index (κ2) is 8.50. The topological polar surface area (TPSA) is 77.8 Å². The Morgan fingerprint density at radius 3 is 2.96 bits per heavy atom. The Morgan fingerprint density at radius 1 is 1.36 bits per heavy atom. The number of aromatic nitrogens is 3. The first-order valence-corrected chi connectivity index (χ1v) is 9.63. The summed E-state index contributed by atoms with van der Waals surface area (Å²) in [5.41, 5.74) is 2.52. The van der Waals surface area contributed by atoms with Gasteiger partial charge in [0.1, 0.15) is 6.10 Å². The lowest BCUT2D eigenvalue weighted by Crippen LogP contribution is -2.32. The van der Waals surface area contributed by atoms with Crippen molar-refractivity contribution in [3.05, 3.63) is 48.9 Å². The summed E-state index contributed by atoms with van der Waals surface area (Å²) >= 11 is 0. The van der Waals surface area contributed by atoms with Crippen LogP contribution in [0.1, 0.15) is 26.2 Å². The SMILES string of the molecule is CC(OCC1CCCCO1)C(=O)Nc1ccc(-c2cn3cccnc3n2)cc1. The van der Waals surface area contributed by atoms with Crippen LogP contribution in [0.3, 0.4) is 0 Å². The van der Waals surface area contributed by atoms with Gasteiger partial charge in [-0.25, -0.2) is 9.97 Å². The summed E-state index contributed by atoms with van der Waals surface area (Å²) < 4.78 is 13.2. The lowest BCUT2D eigenvalue weighted by atomic mass is 10.1. The van der Waals surface area contributed by atoms with E-state index in [1.807, 2.05) is 47.1 Å². The number of imidazole rings is 1. The molecular formula is C21H24N4O3. The Bertz CT molecular complexity index is 899. The highest BCUT2D eigenvalue weighted by molar-refractivity contribution is 5.94. The van der Waals surface area contributed by atoms with Crippen molar-refractivity contribution in [2.24, 2.45) is 0 Å². The smallest absolute Gasteiger partial charge is 0.253 e. The number of hydrogen-bond acceptors (Lipinski definition) is 5. The molecule has 3 aromatic rings. The number of nitrogens with zero attached hydrogens (tertiary/aromatic N) is 3. The number of carbonyl (C=O) groups excluding carboxylic acids is 1. The van der Waals surface area contributed by atoms with Gasteiger partial charge in [-0.15, -0.1) is 0 Å². The number of amides is 1. The highest BCUT2D eigenvalue weighted by atomic mass is 16.5. The van der Waals surface area contributed by atoms with Gasteiger partial charge in [0.15, 0.2) is 0 Å². The quantitative estimate of drug-likeness (QED) is 0.710. The first-order chi connectivity index (χ1) is 13.7. The first kappa shape index (κ1) is 18.6. The van der Waals surface area contributed by atoms with Crippen LogP contribution < -0.4 is 5.32 Å². The second-order valence-corrected chi connectivity index (χ2v) is 6.98.